The van der Waals surface area contributed by atoms with Gasteiger partial charge in [0, 0.05) is 15.6 Å². The number of aromatic hydroxyl groups is 1. The van der Waals surface area contributed by atoms with Crippen molar-refractivity contribution in [1.82, 2.24) is 0 Å². The van der Waals surface area contributed by atoms with E-state index < -0.39 is 0 Å². The van der Waals surface area contributed by atoms with E-state index in [1.807, 2.05) is 19.1 Å². The van der Waals surface area contributed by atoms with Crippen LogP contribution in [-0.4, -0.2) is 5.11 Å². The first kappa shape index (κ1) is 9.03. The molecule has 2 nitrogen and oxygen atoms in total. The van der Waals surface area contributed by atoms with Crippen LogP contribution in [0.4, 0.5) is 0 Å². The Kier molecular flexibility index (Phi) is 1.89. The molecule has 3 N–H and O–H groups in total. The van der Waals surface area contributed by atoms with Gasteiger partial charge in [-0.3, -0.25) is 0 Å². The van der Waals surface area contributed by atoms with E-state index in [2.05, 4.69) is 15.9 Å². The first-order valence-corrected chi connectivity index (χ1v) is 5.11. The Morgan fingerprint density at radius 3 is 2.62 bits per heavy atom. The molecule has 13 heavy (non-hydrogen) atoms. The topological polar surface area (TPSA) is 46.2 Å². The Morgan fingerprint density at radius 2 is 2.08 bits per heavy atom. The number of rotatable bonds is 1. The number of phenols is 1. The molecule has 70 valence electrons. The van der Waals surface area contributed by atoms with E-state index in [9.17, 15) is 5.11 Å². The highest BCUT2D eigenvalue weighted by Gasteiger charge is 2.43. The molecule has 0 bridgehead atoms. The van der Waals surface area contributed by atoms with Crippen molar-refractivity contribution < 1.29 is 5.11 Å². The molecule has 0 amide bonds. The van der Waals surface area contributed by atoms with E-state index in [1.165, 1.54) is 0 Å². The number of halogens is 1. The first-order chi connectivity index (χ1) is 6.04. The standard InChI is InChI=1S/C10H12BrNO/c1-6-2-3-7(11)8(9(6)13)10(12)4-5-10/h2-3,13H,4-5,12H2,1H3. The van der Waals surface area contributed by atoms with Crippen molar-refractivity contribution in [2.75, 3.05) is 0 Å². The molecule has 0 radical (unpaired) electrons. The van der Waals surface area contributed by atoms with Crippen LogP contribution in [0.2, 0.25) is 0 Å². The Labute approximate surface area is 85.9 Å². The van der Waals surface area contributed by atoms with Gasteiger partial charge in [-0.2, -0.15) is 0 Å². The molecule has 0 spiro atoms. The second-order valence-corrected chi connectivity index (χ2v) is 4.60. The van der Waals surface area contributed by atoms with Gasteiger partial charge < -0.3 is 10.8 Å². The van der Waals surface area contributed by atoms with Gasteiger partial charge in [-0.05, 0) is 31.4 Å². The van der Waals surface area contributed by atoms with Gasteiger partial charge >= 0.3 is 0 Å². The summed E-state index contributed by atoms with van der Waals surface area (Å²) >= 11 is 3.42. The Hall–Kier alpha value is -0.540. The summed E-state index contributed by atoms with van der Waals surface area (Å²) in [5, 5.41) is 9.84. The number of hydrogen-bond acceptors (Lipinski definition) is 2. The predicted molar refractivity (Wildman–Crippen MR) is 55.6 cm³/mol. The molecule has 0 atom stereocenters. The summed E-state index contributed by atoms with van der Waals surface area (Å²) in [6.45, 7) is 1.89. The minimum atomic E-state index is -0.283. The predicted octanol–water partition coefficient (Wildman–Crippen LogP) is 2.41. The largest absolute Gasteiger partial charge is 0.507 e. The lowest BCUT2D eigenvalue weighted by Gasteiger charge is -2.15. The van der Waals surface area contributed by atoms with Crippen LogP contribution in [0.1, 0.15) is 24.0 Å². The van der Waals surface area contributed by atoms with Crippen LogP contribution >= 0.6 is 15.9 Å². The van der Waals surface area contributed by atoms with Crippen LogP contribution in [0.3, 0.4) is 0 Å². The van der Waals surface area contributed by atoms with Gasteiger partial charge in [0.15, 0.2) is 0 Å². The average molecular weight is 242 g/mol. The van der Waals surface area contributed by atoms with Gasteiger partial charge in [0.1, 0.15) is 5.75 Å². The smallest absolute Gasteiger partial charge is 0.124 e. The summed E-state index contributed by atoms with van der Waals surface area (Å²) in [6, 6.07) is 3.83. The van der Waals surface area contributed by atoms with E-state index in [0.29, 0.717) is 5.75 Å². The number of aryl methyl sites for hydroxylation is 1. The van der Waals surface area contributed by atoms with Crippen molar-refractivity contribution in [1.29, 1.82) is 0 Å². The number of nitrogens with two attached hydrogens (primary N) is 1. The van der Waals surface area contributed by atoms with Gasteiger partial charge in [0.25, 0.3) is 0 Å². The highest BCUT2D eigenvalue weighted by Crippen LogP contribution is 2.49. The molecule has 2 rings (SSSR count). The van der Waals surface area contributed by atoms with Gasteiger partial charge in [-0.25, -0.2) is 0 Å². The van der Waals surface area contributed by atoms with E-state index in [1.54, 1.807) is 0 Å². The lowest BCUT2D eigenvalue weighted by molar-refractivity contribution is 0.454. The maximum Gasteiger partial charge on any atom is 0.124 e. The molecule has 1 saturated carbocycles. The summed E-state index contributed by atoms with van der Waals surface area (Å²) in [4.78, 5) is 0. The SMILES string of the molecule is Cc1ccc(Br)c(C2(N)CC2)c1O. The quantitative estimate of drug-likeness (QED) is 0.794. The molecular weight excluding hydrogens is 230 g/mol. The van der Waals surface area contributed by atoms with Crippen molar-refractivity contribution in [2.24, 2.45) is 5.73 Å². The monoisotopic (exact) mass is 241 g/mol. The molecular formula is C10H12BrNO. The third-order valence-electron chi connectivity index (χ3n) is 2.62. The van der Waals surface area contributed by atoms with Gasteiger partial charge in [-0.15, -0.1) is 0 Å². The number of benzene rings is 1. The highest BCUT2D eigenvalue weighted by atomic mass is 79.9. The Bertz CT molecular complexity index is 358. The van der Waals surface area contributed by atoms with Crippen LogP contribution in [0.15, 0.2) is 16.6 Å². The van der Waals surface area contributed by atoms with E-state index in [4.69, 9.17) is 5.73 Å². The fraction of sp³-hybridized carbons (Fsp3) is 0.400. The normalized spacial score (nSPS) is 18.7. The van der Waals surface area contributed by atoms with Crippen molar-refractivity contribution >= 4 is 15.9 Å². The molecule has 1 aromatic carbocycles. The zero-order valence-corrected chi connectivity index (χ0v) is 9.06. The van der Waals surface area contributed by atoms with Crippen LogP contribution in [0, 0.1) is 6.92 Å². The van der Waals surface area contributed by atoms with Crippen molar-refractivity contribution in [3.05, 3.63) is 27.7 Å². The van der Waals surface area contributed by atoms with Crippen LogP contribution < -0.4 is 5.73 Å². The van der Waals surface area contributed by atoms with E-state index >= 15 is 0 Å². The Balaban J connectivity index is 2.61. The molecule has 1 fully saturated rings. The minimum absolute atomic E-state index is 0.283. The maximum atomic E-state index is 9.84. The molecule has 0 aromatic heterocycles. The van der Waals surface area contributed by atoms with E-state index in [-0.39, 0.29) is 5.54 Å². The summed E-state index contributed by atoms with van der Waals surface area (Å²) in [7, 11) is 0. The van der Waals surface area contributed by atoms with Gasteiger partial charge in [-0.1, -0.05) is 22.0 Å². The van der Waals surface area contributed by atoms with Crippen molar-refractivity contribution in [2.45, 2.75) is 25.3 Å². The number of hydrogen-bond donors (Lipinski definition) is 2. The molecule has 0 heterocycles. The molecule has 3 heteroatoms. The van der Waals surface area contributed by atoms with E-state index in [0.717, 1.165) is 28.4 Å². The summed E-state index contributed by atoms with van der Waals surface area (Å²) in [5.41, 5.74) is 7.52. The summed E-state index contributed by atoms with van der Waals surface area (Å²) in [5.74, 6) is 0.342. The second-order valence-electron chi connectivity index (χ2n) is 3.74. The van der Waals surface area contributed by atoms with Crippen molar-refractivity contribution in [3.63, 3.8) is 0 Å². The average Bonchev–Trinajstić information content (AvgIpc) is 2.78. The van der Waals surface area contributed by atoms with Crippen LogP contribution in [-0.2, 0) is 5.54 Å². The van der Waals surface area contributed by atoms with Crippen molar-refractivity contribution in [3.8, 4) is 5.75 Å². The van der Waals surface area contributed by atoms with Gasteiger partial charge in [0.2, 0.25) is 0 Å². The fourth-order valence-corrected chi connectivity index (χ4v) is 2.24. The molecule has 1 aliphatic rings. The van der Waals surface area contributed by atoms with Gasteiger partial charge in [0.05, 0.1) is 0 Å². The maximum absolute atomic E-state index is 9.84. The zero-order valence-electron chi connectivity index (χ0n) is 7.47. The third-order valence-corrected chi connectivity index (χ3v) is 3.28. The fourth-order valence-electron chi connectivity index (χ4n) is 1.53. The summed E-state index contributed by atoms with van der Waals surface area (Å²) < 4.78 is 0.913. The molecule has 0 unspecified atom stereocenters. The summed E-state index contributed by atoms with van der Waals surface area (Å²) in [6.07, 6.45) is 1.92. The minimum Gasteiger partial charge on any atom is -0.507 e. The molecule has 0 saturated heterocycles. The zero-order chi connectivity index (χ0) is 9.64. The molecule has 1 aromatic rings. The highest BCUT2D eigenvalue weighted by molar-refractivity contribution is 9.10. The molecule has 1 aliphatic carbocycles. The first-order valence-electron chi connectivity index (χ1n) is 4.32. The second kappa shape index (κ2) is 2.72. The lowest BCUT2D eigenvalue weighted by atomic mass is 10.0. The third kappa shape index (κ3) is 1.36. The van der Waals surface area contributed by atoms with Crippen LogP contribution in [0.5, 0.6) is 5.75 Å². The Morgan fingerprint density at radius 1 is 1.46 bits per heavy atom. The lowest BCUT2D eigenvalue weighted by Crippen LogP contribution is -2.19. The molecule has 0 aliphatic heterocycles. The van der Waals surface area contributed by atoms with Crippen LogP contribution in [0.25, 0.3) is 0 Å². The number of phenolic OH excluding ortho intramolecular Hbond substituents is 1.